The zero-order valence-electron chi connectivity index (χ0n) is 10.6. The molecule has 3 N–H and O–H groups in total. The van der Waals surface area contributed by atoms with Crippen LogP contribution in [0.25, 0.3) is 0 Å². The zero-order valence-corrected chi connectivity index (χ0v) is 10.6. The third-order valence-corrected chi connectivity index (χ3v) is 3.37. The number of hydrogen-bond acceptors (Lipinski definition) is 4. The standard InChI is InChI=1S/C14H22N2O2/c17-11-14(18)8-15-13-6-7-16(10-13)9-12-4-2-1-3-5-12/h1-5,13-15,17-18H,6-11H2/t13-,14+/m0/s1. The molecule has 0 aromatic heterocycles. The zero-order chi connectivity index (χ0) is 12.8. The lowest BCUT2D eigenvalue weighted by atomic mass is 10.2. The maximum Gasteiger partial charge on any atom is 0.0895 e. The largest absolute Gasteiger partial charge is 0.394 e. The van der Waals surface area contributed by atoms with Crippen LogP contribution in [0.4, 0.5) is 0 Å². The average molecular weight is 250 g/mol. The van der Waals surface area contributed by atoms with Crippen LogP contribution in [0.5, 0.6) is 0 Å². The van der Waals surface area contributed by atoms with Crippen molar-refractivity contribution in [2.24, 2.45) is 0 Å². The van der Waals surface area contributed by atoms with Crippen LogP contribution in [0.1, 0.15) is 12.0 Å². The van der Waals surface area contributed by atoms with E-state index in [0.717, 1.165) is 26.1 Å². The number of hydrogen-bond donors (Lipinski definition) is 3. The van der Waals surface area contributed by atoms with E-state index in [1.165, 1.54) is 5.56 Å². The molecule has 4 heteroatoms. The number of likely N-dealkylation sites (tertiary alicyclic amines) is 1. The van der Waals surface area contributed by atoms with Crippen molar-refractivity contribution in [3.8, 4) is 0 Å². The highest BCUT2D eigenvalue weighted by molar-refractivity contribution is 5.14. The smallest absolute Gasteiger partial charge is 0.0895 e. The van der Waals surface area contributed by atoms with Gasteiger partial charge in [0.2, 0.25) is 0 Å². The summed E-state index contributed by atoms with van der Waals surface area (Å²) in [6.07, 6.45) is 0.457. The minimum absolute atomic E-state index is 0.173. The summed E-state index contributed by atoms with van der Waals surface area (Å²) in [5.74, 6) is 0. The van der Waals surface area contributed by atoms with Gasteiger partial charge in [-0.15, -0.1) is 0 Å². The second kappa shape index (κ2) is 6.85. The first-order chi connectivity index (χ1) is 8.78. The molecule has 2 rings (SSSR count). The number of aliphatic hydroxyl groups is 2. The molecule has 0 radical (unpaired) electrons. The molecule has 1 saturated heterocycles. The van der Waals surface area contributed by atoms with Crippen molar-refractivity contribution in [3.05, 3.63) is 35.9 Å². The Morgan fingerprint density at radius 2 is 2.11 bits per heavy atom. The summed E-state index contributed by atoms with van der Waals surface area (Å²) < 4.78 is 0. The van der Waals surface area contributed by atoms with Crippen LogP contribution >= 0.6 is 0 Å². The van der Waals surface area contributed by atoms with E-state index in [0.29, 0.717) is 12.6 Å². The van der Waals surface area contributed by atoms with Gasteiger partial charge < -0.3 is 15.5 Å². The molecule has 1 aliphatic rings. The number of nitrogens with one attached hydrogen (secondary N) is 1. The van der Waals surface area contributed by atoms with E-state index >= 15 is 0 Å². The molecular weight excluding hydrogens is 228 g/mol. The van der Waals surface area contributed by atoms with Gasteiger partial charge in [-0.1, -0.05) is 30.3 Å². The fraction of sp³-hybridized carbons (Fsp3) is 0.571. The Bertz CT molecular complexity index is 345. The molecule has 1 aliphatic heterocycles. The van der Waals surface area contributed by atoms with Gasteiger partial charge in [0.1, 0.15) is 0 Å². The molecule has 2 atom stereocenters. The molecule has 0 bridgehead atoms. The minimum atomic E-state index is -0.645. The lowest BCUT2D eigenvalue weighted by Crippen LogP contribution is -2.38. The van der Waals surface area contributed by atoms with Gasteiger partial charge in [0.25, 0.3) is 0 Å². The molecule has 4 nitrogen and oxygen atoms in total. The summed E-state index contributed by atoms with van der Waals surface area (Å²) in [7, 11) is 0. The van der Waals surface area contributed by atoms with E-state index in [9.17, 15) is 5.11 Å². The van der Waals surface area contributed by atoms with Gasteiger partial charge in [-0.25, -0.2) is 0 Å². The van der Waals surface area contributed by atoms with Gasteiger partial charge in [-0.3, -0.25) is 4.90 Å². The third-order valence-electron chi connectivity index (χ3n) is 3.37. The molecule has 100 valence electrons. The van der Waals surface area contributed by atoms with Crippen LogP contribution in [0.2, 0.25) is 0 Å². The second-order valence-electron chi connectivity index (χ2n) is 4.95. The lowest BCUT2D eigenvalue weighted by Gasteiger charge is -2.17. The quantitative estimate of drug-likeness (QED) is 0.675. The summed E-state index contributed by atoms with van der Waals surface area (Å²) in [5.41, 5.74) is 1.34. The van der Waals surface area contributed by atoms with Gasteiger partial charge in [-0.05, 0) is 12.0 Å². The normalized spacial score (nSPS) is 22.2. The van der Waals surface area contributed by atoms with Crippen molar-refractivity contribution in [2.75, 3.05) is 26.2 Å². The molecule has 1 aromatic rings. The first-order valence-electron chi connectivity index (χ1n) is 6.56. The van der Waals surface area contributed by atoms with Crippen molar-refractivity contribution in [1.82, 2.24) is 10.2 Å². The molecule has 0 unspecified atom stereocenters. The Balaban J connectivity index is 1.72. The summed E-state index contributed by atoms with van der Waals surface area (Å²) in [6, 6.07) is 10.9. The Morgan fingerprint density at radius 3 is 2.83 bits per heavy atom. The van der Waals surface area contributed by atoms with Gasteiger partial charge in [0.05, 0.1) is 12.7 Å². The van der Waals surface area contributed by atoms with Crippen LogP contribution in [-0.2, 0) is 6.54 Å². The second-order valence-corrected chi connectivity index (χ2v) is 4.95. The highest BCUT2D eigenvalue weighted by Crippen LogP contribution is 2.13. The van der Waals surface area contributed by atoms with Crippen molar-refractivity contribution in [1.29, 1.82) is 0 Å². The molecule has 0 aliphatic carbocycles. The molecule has 0 amide bonds. The number of aliphatic hydroxyl groups excluding tert-OH is 2. The molecule has 0 saturated carbocycles. The van der Waals surface area contributed by atoms with Gasteiger partial charge in [-0.2, -0.15) is 0 Å². The fourth-order valence-corrected chi connectivity index (χ4v) is 2.35. The average Bonchev–Trinajstić information content (AvgIpc) is 2.85. The minimum Gasteiger partial charge on any atom is -0.394 e. The van der Waals surface area contributed by atoms with Gasteiger partial charge in [0.15, 0.2) is 0 Å². The van der Waals surface area contributed by atoms with Crippen LogP contribution in [-0.4, -0.2) is 53.5 Å². The monoisotopic (exact) mass is 250 g/mol. The summed E-state index contributed by atoms with van der Waals surface area (Å²) in [5, 5.41) is 21.3. The number of nitrogens with zero attached hydrogens (tertiary/aromatic N) is 1. The van der Waals surface area contributed by atoms with Crippen molar-refractivity contribution >= 4 is 0 Å². The van der Waals surface area contributed by atoms with Crippen molar-refractivity contribution in [2.45, 2.75) is 25.1 Å². The van der Waals surface area contributed by atoms with E-state index in [1.54, 1.807) is 0 Å². The molecule has 1 heterocycles. The van der Waals surface area contributed by atoms with Crippen molar-refractivity contribution in [3.63, 3.8) is 0 Å². The lowest BCUT2D eigenvalue weighted by molar-refractivity contribution is 0.0920. The molecular formula is C14H22N2O2. The first kappa shape index (κ1) is 13.5. The Morgan fingerprint density at radius 1 is 1.33 bits per heavy atom. The Kier molecular flexibility index (Phi) is 5.13. The van der Waals surface area contributed by atoms with Crippen LogP contribution in [0.15, 0.2) is 30.3 Å². The maximum atomic E-state index is 9.29. The first-order valence-corrected chi connectivity index (χ1v) is 6.56. The Labute approximate surface area is 108 Å². The number of benzene rings is 1. The van der Waals surface area contributed by atoms with E-state index in [4.69, 9.17) is 5.11 Å². The molecule has 1 fully saturated rings. The topological polar surface area (TPSA) is 55.7 Å². The van der Waals surface area contributed by atoms with Crippen LogP contribution in [0, 0.1) is 0 Å². The summed E-state index contributed by atoms with van der Waals surface area (Å²) in [4.78, 5) is 2.42. The van der Waals surface area contributed by atoms with Crippen LogP contribution < -0.4 is 5.32 Å². The molecule has 0 spiro atoms. The van der Waals surface area contributed by atoms with E-state index in [-0.39, 0.29) is 6.61 Å². The maximum absolute atomic E-state index is 9.29. The number of rotatable bonds is 6. The van der Waals surface area contributed by atoms with Gasteiger partial charge in [0, 0.05) is 32.2 Å². The Hall–Kier alpha value is -0.940. The predicted octanol–water partition coefficient (Wildman–Crippen LogP) is 0.204. The highest BCUT2D eigenvalue weighted by atomic mass is 16.3. The van der Waals surface area contributed by atoms with Gasteiger partial charge >= 0.3 is 0 Å². The molecule has 18 heavy (non-hydrogen) atoms. The van der Waals surface area contributed by atoms with E-state index < -0.39 is 6.10 Å². The SMILES string of the molecule is OC[C@H](O)CN[C@H]1CCN(Cc2ccccc2)C1. The predicted molar refractivity (Wildman–Crippen MR) is 71.2 cm³/mol. The van der Waals surface area contributed by atoms with E-state index in [2.05, 4.69) is 34.5 Å². The van der Waals surface area contributed by atoms with Crippen molar-refractivity contribution < 1.29 is 10.2 Å². The fourth-order valence-electron chi connectivity index (χ4n) is 2.35. The van der Waals surface area contributed by atoms with E-state index in [1.807, 2.05) is 6.07 Å². The van der Waals surface area contributed by atoms with Crippen LogP contribution in [0.3, 0.4) is 0 Å². The third kappa shape index (κ3) is 4.07. The summed E-state index contributed by atoms with van der Waals surface area (Å²) in [6.45, 7) is 3.38. The molecule has 1 aromatic carbocycles. The summed E-state index contributed by atoms with van der Waals surface area (Å²) >= 11 is 0. The highest BCUT2D eigenvalue weighted by Gasteiger charge is 2.22.